The number of aliphatic hydroxyl groups is 2. The first-order valence-corrected chi connectivity index (χ1v) is 28.2. The maximum absolute atomic E-state index is 13.6. The second-order valence-electron chi connectivity index (χ2n) is 18.5. The Morgan fingerprint density at radius 2 is 0.815 bits per heavy atom. The number of benzene rings is 8. The average molecular weight is 1620 g/mol. The van der Waals surface area contributed by atoms with Gasteiger partial charge in [0.25, 0.3) is 0 Å². The van der Waals surface area contributed by atoms with Gasteiger partial charge in [0.05, 0.1) is 11.3 Å². The zero-order valence-electron chi connectivity index (χ0n) is 48.1. The van der Waals surface area contributed by atoms with E-state index in [1.165, 1.54) is 12.1 Å². The topological polar surface area (TPSA) is 176 Å². The van der Waals surface area contributed by atoms with E-state index in [0.717, 1.165) is 109 Å². The Labute approximate surface area is 551 Å². The maximum atomic E-state index is 13.6. The first-order chi connectivity index (χ1) is 43.6. The molecule has 6 heterocycles. The van der Waals surface area contributed by atoms with E-state index in [9.17, 15) is 30.7 Å². The van der Waals surface area contributed by atoms with Crippen LogP contribution in [-0.4, -0.2) is 62.8 Å². The van der Waals surface area contributed by atoms with Crippen molar-refractivity contribution in [2.45, 2.75) is 5.51 Å². The van der Waals surface area contributed by atoms with E-state index >= 15 is 0 Å². The van der Waals surface area contributed by atoms with E-state index in [-0.39, 0.29) is 40.2 Å². The van der Waals surface area contributed by atoms with Crippen LogP contribution in [0.1, 0.15) is 0 Å². The fourth-order valence-electron chi connectivity index (χ4n) is 8.83. The van der Waals surface area contributed by atoms with Gasteiger partial charge in [-0.25, -0.2) is 26.0 Å². The number of hydrogen-bond donors (Lipinski definition) is 2. The third kappa shape index (κ3) is 18.2. The first-order valence-electron chi connectivity index (χ1n) is 26.8. The minimum absolute atomic E-state index is 0. The smallest absolute Gasteiger partial charge is 0.485 e. The summed E-state index contributed by atoms with van der Waals surface area (Å²) >= 11 is 0. The molecule has 0 aliphatic carbocycles. The van der Waals surface area contributed by atoms with Crippen LogP contribution >= 0.6 is 0 Å². The third-order valence-corrected chi connectivity index (χ3v) is 13.5. The zero-order valence-corrected chi connectivity index (χ0v) is 53.7. The molecule has 0 unspecified atom stereocenters. The maximum Gasteiger partial charge on any atom is 0.485 e. The summed E-state index contributed by atoms with van der Waals surface area (Å²) < 4.78 is 125. The van der Waals surface area contributed by atoms with E-state index < -0.39 is 38.9 Å². The number of hydrogen-bond acceptors (Lipinski definition) is 11. The van der Waals surface area contributed by atoms with Crippen molar-refractivity contribution in [1.82, 2.24) is 19.9 Å². The van der Waals surface area contributed by atoms with Gasteiger partial charge >= 0.3 is 5.51 Å². The van der Waals surface area contributed by atoms with Crippen molar-refractivity contribution < 1.29 is 103 Å². The molecule has 8 aromatic carbocycles. The zero-order chi connectivity index (χ0) is 64.2. The number of alkyl halides is 3. The molecule has 0 fully saturated rings. The summed E-state index contributed by atoms with van der Waals surface area (Å²) in [6.45, 7) is 0. The second kappa shape index (κ2) is 34.1. The van der Waals surface area contributed by atoms with E-state index in [1.54, 1.807) is 49.1 Å². The van der Waals surface area contributed by atoms with Crippen molar-refractivity contribution >= 4 is 54.0 Å². The average Bonchev–Trinajstić information content (AvgIpc) is 1.65. The van der Waals surface area contributed by atoms with Crippen LogP contribution in [0.4, 0.5) is 30.7 Å². The van der Waals surface area contributed by atoms with Crippen LogP contribution in [0, 0.1) is 41.5 Å². The molecule has 0 saturated carbocycles. The summed E-state index contributed by atoms with van der Waals surface area (Å²) in [4.78, 5) is 17.3. The Kier molecular flexibility index (Phi) is 26.6. The number of nitrogens with zero attached hydrogens (tertiary/aromatic N) is 4. The monoisotopic (exact) mass is 1620 g/mol. The quantitative estimate of drug-likeness (QED) is 0.0701. The molecule has 0 aliphatic rings. The van der Waals surface area contributed by atoms with Crippen LogP contribution in [0.3, 0.4) is 0 Å². The number of halogens is 7. The normalized spacial score (nSPS) is 10.5. The summed E-state index contributed by atoms with van der Waals surface area (Å²) in [5.74, 6) is -3.48. The molecular weight excluding hydrogens is 1570 g/mol. The van der Waals surface area contributed by atoms with Crippen LogP contribution in [0.2, 0.25) is 0 Å². The minimum Gasteiger partial charge on any atom is -0.741 e. The van der Waals surface area contributed by atoms with Crippen molar-refractivity contribution in [3.8, 4) is 67.3 Å². The molecule has 0 bridgehead atoms. The number of aromatic nitrogens is 4. The Morgan fingerprint density at radius 3 is 1.27 bits per heavy atom. The van der Waals surface area contributed by atoms with Crippen molar-refractivity contribution in [2.24, 2.45) is 0 Å². The van der Waals surface area contributed by atoms with Gasteiger partial charge < -0.3 is 38.6 Å². The van der Waals surface area contributed by atoms with Gasteiger partial charge in [-0.05, 0) is 112 Å². The van der Waals surface area contributed by atoms with Gasteiger partial charge in [-0.3, -0.25) is 4.98 Å². The fraction of sp³-hybridized carbons (Fsp3) is 0.0423. The van der Waals surface area contributed by atoms with Crippen LogP contribution in [0.5, 0.6) is 0 Å². The first kappa shape index (κ1) is 71.7. The molecule has 2 N–H and O–H groups in total. The van der Waals surface area contributed by atoms with Crippen LogP contribution in [0.25, 0.3) is 111 Å². The van der Waals surface area contributed by atoms with E-state index in [2.05, 4.69) is 38.1 Å². The predicted octanol–water partition coefficient (Wildman–Crippen LogP) is 17.3. The molecule has 0 atom stereocenters. The summed E-state index contributed by atoms with van der Waals surface area (Å²) in [5.41, 5.74) is 7.06. The predicted molar refractivity (Wildman–Crippen MR) is 332 cm³/mol. The molecule has 2 radical (unpaired) electrons. The summed E-state index contributed by atoms with van der Waals surface area (Å²) in [6, 6.07) is 77.2. The van der Waals surface area contributed by atoms with Crippen LogP contribution < -0.4 is 0 Å². The molecular formula is C71H49F7Ir2N4O7S-4. The molecule has 0 amide bonds. The molecule has 0 aliphatic heterocycles. The molecule has 0 saturated heterocycles. The summed E-state index contributed by atoms with van der Waals surface area (Å²) in [7, 11) is -4.09. The molecule has 11 nitrogen and oxygen atoms in total. The number of para-hydroxylation sites is 3. The third-order valence-electron chi connectivity index (χ3n) is 12.9. The van der Waals surface area contributed by atoms with Crippen molar-refractivity contribution in [3.05, 3.63) is 291 Å². The van der Waals surface area contributed by atoms with Gasteiger partial charge in [0.1, 0.15) is 16.7 Å². The molecule has 92 heavy (non-hydrogen) atoms. The Morgan fingerprint density at radius 1 is 0.402 bits per heavy atom. The number of fused-ring (bicyclic) bond motifs is 6. The van der Waals surface area contributed by atoms with Gasteiger partial charge in [-0.1, -0.05) is 102 Å². The van der Waals surface area contributed by atoms with E-state index in [0.29, 0.717) is 28.1 Å². The Bertz CT molecular complexity index is 4400. The SMILES string of the molecule is CO.CO.Fc1ccc(-c2ccnc(-c3[c-]ccc4c3oc3ccccc34)c2)cc1F.Fc1ccc(-c2ccnc(-c3cccc4c3oc3ccccc34)c2)cc1F.O=S(=O)([O-])C(F)(F)F.[Ir].[Ir].[c-]1ccccc1-c1ccccn1.[c-]1ccccc1-c1ccccn1. The standard InChI is InChI=1S/C23H13F2NO.C23H12F2NO.2C11H8N.CHF3O3S.2CH4O.2Ir/c2*24-19-9-8-14(12-20(19)25)15-10-11-26-21(13-15)18-6-3-5-17-16-4-1-2-7-22(16)27-23(17)18;2*1-2-6-10(7-3-1)11-8-4-5-9-12-11;2-1(3,4)8(5,6)7;2*1-2;;/h1-13H;1-5,7-13H;2*1-6,8-9H;(H,5,6,7);2*2H,1H3;;/q;3*-1;;;;;/p-1. The molecule has 472 valence electrons. The van der Waals surface area contributed by atoms with E-state index in [1.807, 2.05) is 176 Å². The molecule has 6 aromatic heterocycles. The fourth-order valence-corrected chi connectivity index (χ4v) is 8.83. The number of aliphatic hydroxyl groups excluding tert-OH is 2. The number of furan rings is 2. The summed E-state index contributed by atoms with van der Waals surface area (Å²) in [6.07, 6.45) is 6.88. The largest absolute Gasteiger partial charge is 0.741 e. The van der Waals surface area contributed by atoms with Crippen molar-refractivity contribution in [2.75, 3.05) is 14.2 Å². The van der Waals surface area contributed by atoms with Crippen LogP contribution in [0.15, 0.2) is 258 Å². The molecule has 14 aromatic rings. The van der Waals surface area contributed by atoms with Gasteiger partial charge in [-0.15, -0.1) is 90.0 Å². The second-order valence-corrected chi connectivity index (χ2v) is 19.8. The molecule has 14 rings (SSSR count). The Hall–Kier alpha value is -9.40. The molecule has 21 heteroatoms. The minimum atomic E-state index is -6.09. The van der Waals surface area contributed by atoms with Crippen LogP contribution in [-0.2, 0) is 50.3 Å². The van der Waals surface area contributed by atoms with Gasteiger partial charge in [0.15, 0.2) is 33.4 Å². The summed E-state index contributed by atoms with van der Waals surface area (Å²) in [5, 5.41) is 18.1. The van der Waals surface area contributed by atoms with Crippen molar-refractivity contribution in [1.29, 1.82) is 0 Å². The van der Waals surface area contributed by atoms with Crippen molar-refractivity contribution in [3.63, 3.8) is 0 Å². The van der Waals surface area contributed by atoms with Gasteiger partial charge in [0.2, 0.25) is 0 Å². The number of rotatable bonds is 6. The van der Waals surface area contributed by atoms with Gasteiger partial charge in [0, 0.05) is 101 Å². The van der Waals surface area contributed by atoms with E-state index in [4.69, 9.17) is 32.0 Å². The van der Waals surface area contributed by atoms with Gasteiger partial charge in [-0.2, -0.15) is 13.2 Å². The molecule has 0 spiro atoms. The number of pyridine rings is 4. The Balaban J connectivity index is 0.000000192.